The Hall–Kier alpha value is -1.16. The summed E-state index contributed by atoms with van der Waals surface area (Å²) in [6.45, 7) is 0.873. The van der Waals surface area contributed by atoms with Gasteiger partial charge >= 0.3 is 0 Å². The van der Waals surface area contributed by atoms with Gasteiger partial charge in [-0.25, -0.2) is 9.97 Å². The van der Waals surface area contributed by atoms with Crippen molar-refractivity contribution in [3.63, 3.8) is 0 Å². The molecule has 1 rings (SSSR count). The summed E-state index contributed by atoms with van der Waals surface area (Å²) in [5.41, 5.74) is 0. The van der Waals surface area contributed by atoms with Crippen LogP contribution in [0.2, 0.25) is 0 Å². The van der Waals surface area contributed by atoms with Crippen molar-refractivity contribution in [1.29, 1.82) is 0 Å². The molecular weight excluding hydrogens is 142 g/mol. The topological polar surface area (TPSA) is 58.0 Å². The minimum Gasteiger partial charge on any atom is -0.396 e. The maximum Gasteiger partial charge on any atom is 0.223 e. The summed E-state index contributed by atoms with van der Waals surface area (Å²) in [6.07, 6.45) is 4.98. The van der Waals surface area contributed by atoms with Crippen molar-refractivity contribution in [2.75, 3.05) is 18.5 Å². The van der Waals surface area contributed by atoms with Crippen LogP contribution in [-0.4, -0.2) is 28.2 Å². The molecule has 1 aromatic heterocycles. The van der Waals surface area contributed by atoms with Crippen LogP contribution in [0.15, 0.2) is 12.3 Å². The summed E-state index contributed by atoms with van der Waals surface area (Å²) in [6, 6.07) is 1.64. The van der Waals surface area contributed by atoms with E-state index in [1.807, 2.05) is 0 Å². The molecule has 1 aromatic rings. The van der Waals surface area contributed by atoms with Crippen LogP contribution in [0.1, 0.15) is 6.42 Å². The van der Waals surface area contributed by atoms with Crippen molar-refractivity contribution < 1.29 is 5.11 Å². The second kappa shape index (κ2) is 4.62. The Morgan fingerprint density at radius 3 is 3.18 bits per heavy atom. The minimum absolute atomic E-state index is 0.184. The first-order valence-electron chi connectivity index (χ1n) is 3.47. The number of nitrogens with zero attached hydrogens (tertiary/aromatic N) is 2. The summed E-state index contributed by atoms with van der Waals surface area (Å²) in [7, 11) is 0. The summed E-state index contributed by atoms with van der Waals surface area (Å²) < 4.78 is 0. The SMILES string of the molecule is OCCCNc1n[c]ccn1. The van der Waals surface area contributed by atoms with Crippen LogP contribution in [0, 0.1) is 6.20 Å². The number of aliphatic hydroxyl groups excluding tert-OH is 1. The Labute approximate surface area is 65.3 Å². The molecule has 0 spiro atoms. The van der Waals surface area contributed by atoms with Crippen LogP contribution < -0.4 is 5.32 Å². The van der Waals surface area contributed by atoms with E-state index in [1.54, 1.807) is 12.3 Å². The number of rotatable bonds is 4. The van der Waals surface area contributed by atoms with E-state index in [4.69, 9.17) is 5.11 Å². The van der Waals surface area contributed by atoms with Gasteiger partial charge in [-0.2, -0.15) is 0 Å². The first kappa shape index (κ1) is 7.94. The Balaban J connectivity index is 2.28. The van der Waals surface area contributed by atoms with E-state index in [1.165, 1.54) is 0 Å². The Bertz CT molecular complexity index is 190. The van der Waals surface area contributed by atoms with Gasteiger partial charge in [-0.1, -0.05) is 0 Å². The molecule has 0 aliphatic heterocycles. The molecular formula is C7H10N3O. The molecule has 0 amide bonds. The molecule has 0 fully saturated rings. The average Bonchev–Trinajstić information content (AvgIpc) is 2.07. The van der Waals surface area contributed by atoms with E-state index in [-0.39, 0.29) is 6.61 Å². The van der Waals surface area contributed by atoms with Crippen LogP contribution >= 0.6 is 0 Å². The maximum absolute atomic E-state index is 8.46. The van der Waals surface area contributed by atoms with Gasteiger partial charge < -0.3 is 10.4 Å². The first-order valence-corrected chi connectivity index (χ1v) is 3.47. The van der Waals surface area contributed by atoms with Crippen molar-refractivity contribution in [1.82, 2.24) is 9.97 Å². The smallest absolute Gasteiger partial charge is 0.223 e. The predicted molar refractivity (Wildman–Crippen MR) is 41.1 cm³/mol. The molecule has 0 aromatic carbocycles. The highest BCUT2D eigenvalue weighted by molar-refractivity contribution is 5.21. The Morgan fingerprint density at radius 1 is 1.64 bits per heavy atom. The van der Waals surface area contributed by atoms with E-state index in [0.29, 0.717) is 18.9 Å². The predicted octanol–water partition coefficient (Wildman–Crippen LogP) is 0.0711. The summed E-state index contributed by atoms with van der Waals surface area (Å²) in [4.78, 5) is 7.74. The molecule has 0 aliphatic carbocycles. The van der Waals surface area contributed by atoms with E-state index in [0.717, 1.165) is 0 Å². The van der Waals surface area contributed by atoms with Gasteiger partial charge in [0.15, 0.2) is 0 Å². The number of aromatic nitrogens is 2. The van der Waals surface area contributed by atoms with Gasteiger partial charge in [0.2, 0.25) is 5.95 Å². The number of aliphatic hydroxyl groups is 1. The fourth-order valence-corrected chi connectivity index (χ4v) is 0.633. The van der Waals surface area contributed by atoms with Crippen molar-refractivity contribution in [2.45, 2.75) is 6.42 Å². The standard InChI is InChI=1S/C7H10N3O/c11-6-2-5-10-7-8-3-1-4-9-7/h1,3,11H,2,5-6H2,(H,8,9,10). The fraction of sp³-hybridized carbons (Fsp3) is 0.429. The molecule has 0 saturated carbocycles. The highest BCUT2D eigenvalue weighted by atomic mass is 16.3. The molecule has 59 valence electrons. The lowest BCUT2D eigenvalue weighted by Crippen LogP contribution is -2.05. The Kier molecular flexibility index (Phi) is 3.34. The summed E-state index contributed by atoms with van der Waals surface area (Å²) >= 11 is 0. The van der Waals surface area contributed by atoms with Crippen molar-refractivity contribution in [3.05, 3.63) is 18.5 Å². The lowest BCUT2D eigenvalue weighted by atomic mass is 10.4. The van der Waals surface area contributed by atoms with Crippen LogP contribution in [0.4, 0.5) is 5.95 Å². The van der Waals surface area contributed by atoms with Gasteiger partial charge in [0.25, 0.3) is 0 Å². The molecule has 0 aliphatic rings. The van der Waals surface area contributed by atoms with E-state index in [9.17, 15) is 0 Å². The molecule has 11 heavy (non-hydrogen) atoms. The van der Waals surface area contributed by atoms with E-state index in [2.05, 4.69) is 21.5 Å². The van der Waals surface area contributed by atoms with Gasteiger partial charge in [-0.15, -0.1) is 0 Å². The quantitative estimate of drug-likeness (QED) is 0.599. The zero-order valence-electron chi connectivity index (χ0n) is 6.12. The third-order valence-electron chi connectivity index (χ3n) is 1.13. The normalized spacial score (nSPS) is 9.55. The van der Waals surface area contributed by atoms with Gasteiger partial charge in [0, 0.05) is 19.3 Å². The minimum atomic E-state index is 0.184. The van der Waals surface area contributed by atoms with Gasteiger partial charge in [-0.05, 0) is 12.5 Å². The van der Waals surface area contributed by atoms with Gasteiger partial charge in [0.05, 0.1) is 6.20 Å². The van der Waals surface area contributed by atoms with Gasteiger partial charge in [0.1, 0.15) is 0 Å². The summed E-state index contributed by atoms with van der Waals surface area (Å²) in [5, 5.41) is 11.4. The lowest BCUT2D eigenvalue weighted by molar-refractivity contribution is 0.292. The molecule has 0 saturated heterocycles. The molecule has 1 heterocycles. The first-order chi connectivity index (χ1) is 5.43. The number of hydrogen-bond donors (Lipinski definition) is 2. The zero-order valence-corrected chi connectivity index (χ0v) is 6.12. The van der Waals surface area contributed by atoms with Crippen molar-refractivity contribution in [3.8, 4) is 0 Å². The number of hydrogen-bond acceptors (Lipinski definition) is 4. The van der Waals surface area contributed by atoms with Crippen LogP contribution in [-0.2, 0) is 0 Å². The third-order valence-corrected chi connectivity index (χ3v) is 1.13. The molecule has 2 N–H and O–H groups in total. The van der Waals surface area contributed by atoms with Crippen molar-refractivity contribution in [2.24, 2.45) is 0 Å². The van der Waals surface area contributed by atoms with E-state index >= 15 is 0 Å². The molecule has 0 bridgehead atoms. The van der Waals surface area contributed by atoms with Crippen molar-refractivity contribution >= 4 is 5.95 Å². The molecule has 1 radical (unpaired) electrons. The number of nitrogens with one attached hydrogen (secondary N) is 1. The van der Waals surface area contributed by atoms with Crippen LogP contribution in [0.3, 0.4) is 0 Å². The second-order valence-corrected chi connectivity index (χ2v) is 2.01. The zero-order chi connectivity index (χ0) is 7.94. The third kappa shape index (κ3) is 2.95. The van der Waals surface area contributed by atoms with E-state index < -0.39 is 0 Å². The second-order valence-electron chi connectivity index (χ2n) is 2.01. The molecule has 4 heteroatoms. The molecule has 0 unspecified atom stereocenters. The highest BCUT2D eigenvalue weighted by Gasteiger charge is 1.90. The van der Waals surface area contributed by atoms with Gasteiger partial charge in [-0.3, -0.25) is 0 Å². The maximum atomic E-state index is 8.46. The largest absolute Gasteiger partial charge is 0.396 e. The Morgan fingerprint density at radius 2 is 2.55 bits per heavy atom. The highest BCUT2D eigenvalue weighted by Crippen LogP contribution is 1.92. The van der Waals surface area contributed by atoms with Crippen LogP contribution in [0.5, 0.6) is 0 Å². The van der Waals surface area contributed by atoms with Crippen LogP contribution in [0.25, 0.3) is 0 Å². The number of anilines is 1. The fourth-order valence-electron chi connectivity index (χ4n) is 0.633. The lowest BCUT2D eigenvalue weighted by Gasteiger charge is -2.00. The average molecular weight is 152 g/mol. The summed E-state index contributed by atoms with van der Waals surface area (Å²) in [5.74, 6) is 0.556. The monoisotopic (exact) mass is 152 g/mol. The molecule has 0 atom stereocenters. The molecule has 4 nitrogen and oxygen atoms in total.